The summed E-state index contributed by atoms with van der Waals surface area (Å²) in [6, 6.07) is 76.3. The van der Waals surface area contributed by atoms with Crippen molar-refractivity contribution in [2.24, 2.45) is 0 Å². The molecule has 2 nitrogen and oxygen atoms in total. The molecule has 0 fully saturated rings. The summed E-state index contributed by atoms with van der Waals surface area (Å²) in [6.45, 7) is 0. The molecule has 0 unspecified atom stereocenters. The molecular formula is C54H35NOS. The first-order valence-electron chi connectivity index (χ1n) is 19.3. The fourth-order valence-corrected chi connectivity index (χ4v) is 9.45. The molecule has 3 heteroatoms. The standard InChI is InChI=1S/C54H35NOS/c1-3-10-36(11-4-1)38-18-20-39(21-19-38)41-24-29-44(30-25-41)55(43-27-22-40(23-28-43)37-12-5-2-6-13-37)45-31-33-52-50(35-45)49-34-42(26-32-51(49)56-52)46-15-9-16-48-47-14-7-8-17-53(47)57-54(46)48/h1-35H. The van der Waals surface area contributed by atoms with Gasteiger partial charge in [0.15, 0.2) is 0 Å². The lowest BCUT2D eigenvalue weighted by molar-refractivity contribution is 0.669. The van der Waals surface area contributed by atoms with Crippen LogP contribution >= 0.6 is 11.3 Å². The zero-order valence-electron chi connectivity index (χ0n) is 31.0. The number of fused-ring (bicyclic) bond motifs is 6. The minimum Gasteiger partial charge on any atom is -0.456 e. The van der Waals surface area contributed by atoms with Crippen molar-refractivity contribution < 1.29 is 4.42 Å². The van der Waals surface area contributed by atoms with E-state index in [1.54, 1.807) is 0 Å². The van der Waals surface area contributed by atoms with Crippen LogP contribution in [0.15, 0.2) is 217 Å². The Morgan fingerprint density at radius 2 is 0.772 bits per heavy atom. The highest BCUT2D eigenvalue weighted by molar-refractivity contribution is 7.26. The van der Waals surface area contributed by atoms with Crippen LogP contribution in [0, 0.1) is 0 Å². The molecule has 0 aliphatic carbocycles. The second kappa shape index (κ2) is 13.8. The number of thiophene rings is 1. The highest BCUT2D eigenvalue weighted by Crippen LogP contribution is 2.43. The van der Waals surface area contributed by atoms with Crippen molar-refractivity contribution in [3.8, 4) is 44.5 Å². The molecule has 0 spiro atoms. The molecule has 0 bridgehead atoms. The summed E-state index contributed by atoms with van der Waals surface area (Å²) < 4.78 is 9.10. The lowest BCUT2D eigenvalue weighted by atomic mass is 9.99. The van der Waals surface area contributed by atoms with E-state index in [4.69, 9.17) is 4.42 Å². The summed E-state index contributed by atoms with van der Waals surface area (Å²) in [6.07, 6.45) is 0. The van der Waals surface area contributed by atoms with Gasteiger partial charge in [-0.25, -0.2) is 0 Å². The van der Waals surface area contributed by atoms with Gasteiger partial charge in [-0.15, -0.1) is 11.3 Å². The van der Waals surface area contributed by atoms with Crippen LogP contribution in [0.2, 0.25) is 0 Å². The molecule has 11 rings (SSSR count). The van der Waals surface area contributed by atoms with Gasteiger partial charge in [-0.3, -0.25) is 0 Å². The maximum atomic E-state index is 6.48. The van der Waals surface area contributed by atoms with Gasteiger partial charge >= 0.3 is 0 Å². The van der Waals surface area contributed by atoms with Crippen molar-refractivity contribution in [2.45, 2.75) is 0 Å². The van der Waals surface area contributed by atoms with E-state index in [0.29, 0.717) is 0 Å². The van der Waals surface area contributed by atoms with Gasteiger partial charge in [0.25, 0.3) is 0 Å². The predicted octanol–water partition coefficient (Wildman–Crippen LogP) is 16.1. The van der Waals surface area contributed by atoms with Crippen LogP contribution in [0.25, 0.3) is 86.6 Å². The Balaban J connectivity index is 1.01. The maximum Gasteiger partial charge on any atom is 0.135 e. The molecule has 2 aromatic heterocycles. The molecule has 0 radical (unpaired) electrons. The van der Waals surface area contributed by atoms with Gasteiger partial charge in [-0.1, -0.05) is 152 Å². The van der Waals surface area contributed by atoms with Crippen molar-refractivity contribution in [3.05, 3.63) is 212 Å². The number of anilines is 3. The number of benzene rings is 9. The second-order valence-corrected chi connectivity index (χ2v) is 15.6. The molecule has 0 saturated carbocycles. The van der Waals surface area contributed by atoms with Crippen molar-refractivity contribution in [1.82, 2.24) is 0 Å². The summed E-state index contributed by atoms with van der Waals surface area (Å²) in [5, 5.41) is 4.81. The highest BCUT2D eigenvalue weighted by atomic mass is 32.1. The topological polar surface area (TPSA) is 16.4 Å². The number of hydrogen-bond donors (Lipinski definition) is 0. The molecule has 9 aromatic carbocycles. The molecule has 0 atom stereocenters. The molecule has 0 N–H and O–H groups in total. The van der Waals surface area contributed by atoms with E-state index in [0.717, 1.165) is 39.0 Å². The summed E-state index contributed by atoms with van der Waals surface area (Å²) >= 11 is 1.86. The Morgan fingerprint density at radius 3 is 1.39 bits per heavy atom. The predicted molar refractivity (Wildman–Crippen MR) is 243 cm³/mol. The van der Waals surface area contributed by atoms with Crippen LogP contribution in [0.5, 0.6) is 0 Å². The van der Waals surface area contributed by atoms with E-state index in [9.17, 15) is 0 Å². The summed E-state index contributed by atoms with van der Waals surface area (Å²) in [4.78, 5) is 2.34. The molecular weight excluding hydrogens is 711 g/mol. The van der Waals surface area contributed by atoms with Gasteiger partial charge < -0.3 is 9.32 Å². The number of rotatable bonds is 7. The smallest absolute Gasteiger partial charge is 0.135 e. The summed E-state index contributed by atoms with van der Waals surface area (Å²) in [5.74, 6) is 0. The molecule has 0 amide bonds. The van der Waals surface area contributed by atoms with Crippen molar-refractivity contribution in [1.29, 1.82) is 0 Å². The normalized spacial score (nSPS) is 11.5. The van der Waals surface area contributed by atoms with Crippen molar-refractivity contribution in [3.63, 3.8) is 0 Å². The van der Waals surface area contributed by atoms with Gasteiger partial charge in [0, 0.05) is 48.0 Å². The van der Waals surface area contributed by atoms with Gasteiger partial charge in [-0.05, 0) is 105 Å². The Labute approximate surface area is 335 Å². The first-order valence-corrected chi connectivity index (χ1v) is 20.1. The quantitative estimate of drug-likeness (QED) is 0.162. The minimum absolute atomic E-state index is 0.875. The summed E-state index contributed by atoms with van der Waals surface area (Å²) in [7, 11) is 0. The zero-order chi connectivity index (χ0) is 37.7. The van der Waals surface area contributed by atoms with Crippen molar-refractivity contribution >= 4 is 70.5 Å². The van der Waals surface area contributed by atoms with Crippen LogP contribution in [-0.2, 0) is 0 Å². The van der Waals surface area contributed by atoms with E-state index in [1.807, 2.05) is 11.3 Å². The molecule has 0 aliphatic heterocycles. The first-order chi connectivity index (χ1) is 28.2. The number of furan rings is 1. The lowest BCUT2D eigenvalue weighted by Gasteiger charge is -2.26. The molecule has 0 aliphatic rings. The molecule has 11 aromatic rings. The number of hydrogen-bond acceptors (Lipinski definition) is 3. The molecule has 2 heterocycles. The fourth-order valence-electron chi connectivity index (χ4n) is 8.22. The third-order valence-electron chi connectivity index (χ3n) is 11.1. The monoisotopic (exact) mass is 745 g/mol. The van der Waals surface area contributed by atoms with Crippen LogP contribution in [0.1, 0.15) is 0 Å². The third-order valence-corrected chi connectivity index (χ3v) is 12.3. The van der Waals surface area contributed by atoms with E-state index in [-0.39, 0.29) is 0 Å². The van der Waals surface area contributed by atoms with Crippen LogP contribution in [0.4, 0.5) is 17.1 Å². The van der Waals surface area contributed by atoms with E-state index in [2.05, 4.69) is 217 Å². The van der Waals surface area contributed by atoms with E-state index >= 15 is 0 Å². The van der Waals surface area contributed by atoms with Gasteiger partial charge in [0.2, 0.25) is 0 Å². The Kier molecular flexibility index (Phi) is 8.04. The van der Waals surface area contributed by atoms with Crippen LogP contribution < -0.4 is 4.90 Å². The zero-order valence-corrected chi connectivity index (χ0v) is 31.8. The minimum atomic E-state index is 0.875. The average Bonchev–Trinajstić information content (AvgIpc) is 3.86. The van der Waals surface area contributed by atoms with Gasteiger partial charge in [-0.2, -0.15) is 0 Å². The fraction of sp³-hybridized carbons (Fsp3) is 0. The van der Waals surface area contributed by atoms with Gasteiger partial charge in [0.1, 0.15) is 11.2 Å². The van der Waals surface area contributed by atoms with Crippen LogP contribution in [-0.4, -0.2) is 0 Å². The van der Waals surface area contributed by atoms with Crippen molar-refractivity contribution in [2.75, 3.05) is 4.90 Å². The van der Waals surface area contributed by atoms with Crippen LogP contribution in [0.3, 0.4) is 0 Å². The summed E-state index contributed by atoms with van der Waals surface area (Å²) in [5.41, 5.74) is 14.6. The SMILES string of the molecule is c1ccc(-c2ccc(-c3ccc(N(c4ccc(-c5ccccc5)cc4)c4ccc5oc6ccc(-c7cccc8c7sc7ccccc78)cc6c5c4)cc3)cc2)cc1. The Bertz CT molecular complexity index is 3200. The Morgan fingerprint density at radius 1 is 0.316 bits per heavy atom. The largest absolute Gasteiger partial charge is 0.456 e. The maximum absolute atomic E-state index is 6.48. The van der Waals surface area contributed by atoms with E-state index in [1.165, 1.54) is 64.7 Å². The molecule has 268 valence electrons. The first kappa shape index (κ1) is 33.2. The highest BCUT2D eigenvalue weighted by Gasteiger charge is 2.18. The Hall–Kier alpha value is -7.20. The second-order valence-electron chi connectivity index (χ2n) is 14.5. The van der Waals surface area contributed by atoms with Gasteiger partial charge in [0.05, 0.1) is 0 Å². The lowest BCUT2D eigenvalue weighted by Crippen LogP contribution is -2.09. The molecule has 0 saturated heterocycles. The number of nitrogens with zero attached hydrogens (tertiary/aromatic N) is 1. The molecule has 57 heavy (non-hydrogen) atoms. The van der Waals surface area contributed by atoms with E-state index < -0.39 is 0 Å². The average molecular weight is 746 g/mol. The third kappa shape index (κ3) is 5.97.